The molecule has 1 aromatic rings. The van der Waals surface area contributed by atoms with E-state index in [2.05, 4.69) is 16.8 Å². The van der Waals surface area contributed by atoms with Crippen molar-refractivity contribution in [3.8, 4) is 0 Å². The van der Waals surface area contributed by atoms with Crippen molar-refractivity contribution in [1.29, 1.82) is 0 Å². The smallest absolute Gasteiger partial charge is 0.0606 e. The molecule has 1 rings (SSSR count). The maximum absolute atomic E-state index is 8.94. The van der Waals surface area contributed by atoms with Crippen LogP contribution in [0.1, 0.15) is 19.0 Å². The molecule has 1 aromatic heterocycles. The number of anilines is 1. The minimum atomic E-state index is 0.196. The van der Waals surface area contributed by atoms with Gasteiger partial charge in [-0.1, -0.05) is 6.92 Å². The molecule has 0 fully saturated rings. The molecule has 1 N–H and O–H groups in total. The number of hydrogen-bond donors (Lipinski definition) is 1. The minimum absolute atomic E-state index is 0.196. The van der Waals surface area contributed by atoms with Gasteiger partial charge in [0.1, 0.15) is 0 Å². The molecule has 0 unspecified atom stereocenters. The highest BCUT2D eigenvalue weighted by molar-refractivity contribution is 5.46. The van der Waals surface area contributed by atoms with Crippen LogP contribution in [-0.2, 0) is 0 Å². The van der Waals surface area contributed by atoms with Crippen LogP contribution >= 0.6 is 0 Å². The second kappa shape index (κ2) is 5.60. The number of aryl methyl sites for hydroxylation is 1. The summed E-state index contributed by atoms with van der Waals surface area (Å²) in [6, 6.07) is 4.03. The predicted octanol–water partition coefficient (Wildman–Crippen LogP) is 1.60. The van der Waals surface area contributed by atoms with Gasteiger partial charge in [-0.05, 0) is 25.5 Å². The van der Waals surface area contributed by atoms with Crippen molar-refractivity contribution in [2.24, 2.45) is 0 Å². The molecule has 0 atom stereocenters. The average Bonchev–Trinajstić information content (AvgIpc) is 2.17. The molecule has 0 spiro atoms. The highest BCUT2D eigenvalue weighted by atomic mass is 16.3. The van der Waals surface area contributed by atoms with E-state index in [4.69, 9.17) is 5.11 Å². The minimum Gasteiger partial charge on any atom is -0.395 e. The molecule has 0 radical (unpaired) electrons. The van der Waals surface area contributed by atoms with Crippen LogP contribution in [0.25, 0.3) is 0 Å². The summed E-state index contributed by atoms with van der Waals surface area (Å²) in [5.74, 6) is 0. The summed E-state index contributed by atoms with van der Waals surface area (Å²) in [6.45, 7) is 5.98. The second-order valence-corrected chi connectivity index (χ2v) is 3.37. The number of nitrogens with zero attached hydrogens (tertiary/aromatic N) is 2. The third kappa shape index (κ3) is 3.00. The number of rotatable bonds is 5. The monoisotopic (exact) mass is 194 g/mol. The molecule has 0 aliphatic heterocycles. The molecular weight excluding hydrogens is 176 g/mol. The van der Waals surface area contributed by atoms with Crippen LogP contribution in [0.3, 0.4) is 0 Å². The fourth-order valence-corrected chi connectivity index (χ4v) is 1.49. The summed E-state index contributed by atoms with van der Waals surface area (Å²) in [5.41, 5.74) is 2.16. The number of aromatic nitrogens is 1. The van der Waals surface area contributed by atoms with Gasteiger partial charge in [0.25, 0.3) is 0 Å². The number of hydrogen-bond acceptors (Lipinski definition) is 3. The van der Waals surface area contributed by atoms with Crippen LogP contribution in [0.2, 0.25) is 0 Å². The second-order valence-electron chi connectivity index (χ2n) is 3.37. The van der Waals surface area contributed by atoms with E-state index in [-0.39, 0.29) is 6.61 Å². The van der Waals surface area contributed by atoms with Crippen molar-refractivity contribution in [2.75, 3.05) is 24.6 Å². The van der Waals surface area contributed by atoms with Crippen LogP contribution in [-0.4, -0.2) is 29.8 Å². The van der Waals surface area contributed by atoms with Crippen molar-refractivity contribution in [2.45, 2.75) is 20.3 Å². The van der Waals surface area contributed by atoms with E-state index in [1.54, 1.807) is 0 Å². The van der Waals surface area contributed by atoms with Crippen molar-refractivity contribution in [3.05, 3.63) is 24.0 Å². The topological polar surface area (TPSA) is 36.4 Å². The maximum Gasteiger partial charge on any atom is 0.0606 e. The van der Waals surface area contributed by atoms with Gasteiger partial charge in [-0.15, -0.1) is 0 Å². The average molecular weight is 194 g/mol. The lowest BCUT2D eigenvalue weighted by Crippen LogP contribution is -2.27. The van der Waals surface area contributed by atoms with E-state index in [0.717, 1.165) is 24.3 Å². The molecule has 0 bridgehead atoms. The Morgan fingerprint density at radius 2 is 2.21 bits per heavy atom. The van der Waals surface area contributed by atoms with Gasteiger partial charge in [0.05, 0.1) is 6.61 Å². The molecule has 0 aromatic carbocycles. The van der Waals surface area contributed by atoms with Gasteiger partial charge < -0.3 is 10.0 Å². The van der Waals surface area contributed by atoms with Crippen LogP contribution in [0.4, 0.5) is 5.69 Å². The van der Waals surface area contributed by atoms with Crippen LogP contribution < -0.4 is 4.90 Å². The predicted molar refractivity (Wildman–Crippen MR) is 58.6 cm³/mol. The van der Waals surface area contributed by atoms with Crippen molar-refractivity contribution in [3.63, 3.8) is 0 Å². The lowest BCUT2D eigenvalue weighted by atomic mass is 10.3. The van der Waals surface area contributed by atoms with Crippen molar-refractivity contribution >= 4 is 5.69 Å². The summed E-state index contributed by atoms with van der Waals surface area (Å²) in [5, 5.41) is 8.94. The van der Waals surface area contributed by atoms with Crippen LogP contribution in [0, 0.1) is 6.92 Å². The molecule has 1 heterocycles. The first-order chi connectivity index (χ1) is 6.77. The quantitative estimate of drug-likeness (QED) is 0.773. The van der Waals surface area contributed by atoms with Crippen LogP contribution in [0.15, 0.2) is 18.3 Å². The van der Waals surface area contributed by atoms with Gasteiger partial charge in [0.15, 0.2) is 0 Å². The standard InChI is InChI=1S/C11H18N2O/c1-3-6-13(7-8-14)11-4-5-12-10(2)9-11/h4-5,9,14H,3,6-8H2,1-2H3. The van der Waals surface area contributed by atoms with Crippen LogP contribution in [0.5, 0.6) is 0 Å². The Balaban J connectivity index is 2.75. The summed E-state index contributed by atoms with van der Waals surface area (Å²) >= 11 is 0. The van der Waals surface area contributed by atoms with Gasteiger partial charge in [-0.2, -0.15) is 0 Å². The lowest BCUT2D eigenvalue weighted by molar-refractivity contribution is 0.302. The fraction of sp³-hybridized carbons (Fsp3) is 0.545. The van der Waals surface area contributed by atoms with Gasteiger partial charge in [-0.25, -0.2) is 0 Å². The molecule has 78 valence electrons. The van der Waals surface area contributed by atoms with Gasteiger partial charge in [-0.3, -0.25) is 4.98 Å². The first-order valence-corrected chi connectivity index (χ1v) is 5.06. The highest BCUT2D eigenvalue weighted by Gasteiger charge is 2.04. The molecule has 3 heteroatoms. The largest absolute Gasteiger partial charge is 0.395 e. The van der Waals surface area contributed by atoms with E-state index in [0.29, 0.717) is 6.54 Å². The summed E-state index contributed by atoms with van der Waals surface area (Å²) < 4.78 is 0. The zero-order valence-electron chi connectivity index (χ0n) is 8.90. The van der Waals surface area contributed by atoms with E-state index in [1.807, 2.05) is 25.3 Å². The van der Waals surface area contributed by atoms with Gasteiger partial charge >= 0.3 is 0 Å². The lowest BCUT2D eigenvalue weighted by Gasteiger charge is -2.23. The zero-order valence-corrected chi connectivity index (χ0v) is 8.90. The Kier molecular flexibility index (Phi) is 4.40. The Bertz CT molecular complexity index is 270. The van der Waals surface area contributed by atoms with Crippen molar-refractivity contribution in [1.82, 2.24) is 4.98 Å². The number of aliphatic hydroxyl groups excluding tert-OH is 1. The normalized spacial score (nSPS) is 10.2. The Morgan fingerprint density at radius 3 is 2.79 bits per heavy atom. The number of aliphatic hydroxyl groups is 1. The van der Waals surface area contributed by atoms with Gasteiger partial charge in [0.2, 0.25) is 0 Å². The zero-order chi connectivity index (χ0) is 10.4. The van der Waals surface area contributed by atoms with Gasteiger partial charge in [0, 0.05) is 30.7 Å². The van der Waals surface area contributed by atoms with Crippen molar-refractivity contribution < 1.29 is 5.11 Å². The molecular formula is C11H18N2O. The molecule has 0 aliphatic rings. The Labute approximate surface area is 85.4 Å². The van der Waals surface area contributed by atoms with E-state index in [9.17, 15) is 0 Å². The molecule has 0 amide bonds. The maximum atomic E-state index is 8.94. The molecule has 0 aliphatic carbocycles. The van der Waals surface area contributed by atoms with E-state index in [1.165, 1.54) is 0 Å². The third-order valence-electron chi connectivity index (χ3n) is 2.11. The molecule has 0 saturated carbocycles. The van der Waals surface area contributed by atoms with E-state index < -0.39 is 0 Å². The highest BCUT2D eigenvalue weighted by Crippen LogP contribution is 2.13. The fourth-order valence-electron chi connectivity index (χ4n) is 1.49. The molecule has 3 nitrogen and oxygen atoms in total. The first-order valence-electron chi connectivity index (χ1n) is 5.06. The molecule has 14 heavy (non-hydrogen) atoms. The Hall–Kier alpha value is -1.09. The summed E-state index contributed by atoms with van der Waals surface area (Å²) in [7, 11) is 0. The summed E-state index contributed by atoms with van der Waals surface area (Å²) in [4.78, 5) is 6.33. The number of pyridine rings is 1. The SMILES string of the molecule is CCCN(CCO)c1ccnc(C)c1. The summed E-state index contributed by atoms with van der Waals surface area (Å²) in [6.07, 6.45) is 2.89. The first kappa shape index (κ1) is 11.0. The Morgan fingerprint density at radius 1 is 1.43 bits per heavy atom. The third-order valence-corrected chi connectivity index (χ3v) is 2.11. The van der Waals surface area contributed by atoms with E-state index >= 15 is 0 Å². The molecule has 0 saturated heterocycles.